The Kier molecular flexibility index (Phi) is 2.13. The van der Waals surface area contributed by atoms with Crippen LogP contribution in [0.5, 0.6) is 0 Å². The topological polar surface area (TPSA) is 17.1 Å². The van der Waals surface area contributed by atoms with E-state index in [-0.39, 0.29) is 5.78 Å². The van der Waals surface area contributed by atoms with Crippen LogP contribution in [0.3, 0.4) is 0 Å². The zero-order chi connectivity index (χ0) is 10.3. The average molecular weight is 190 g/mol. The van der Waals surface area contributed by atoms with Crippen LogP contribution in [0, 0.1) is 17.3 Å². The molecule has 0 aromatic carbocycles. The zero-order valence-corrected chi connectivity index (χ0v) is 9.21. The molecule has 1 fully saturated rings. The molecule has 0 spiro atoms. The Morgan fingerprint density at radius 3 is 2.79 bits per heavy atom. The molecule has 1 saturated carbocycles. The summed E-state index contributed by atoms with van der Waals surface area (Å²) in [5, 5.41) is 0. The third-order valence-electron chi connectivity index (χ3n) is 4.02. The van der Waals surface area contributed by atoms with Crippen LogP contribution >= 0.6 is 0 Å². The van der Waals surface area contributed by atoms with Gasteiger partial charge in [0.25, 0.3) is 0 Å². The minimum absolute atomic E-state index is 0.144. The molecule has 2 atom stereocenters. The van der Waals surface area contributed by atoms with Gasteiger partial charge in [-0.2, -0.15) is 0 Å². The first kappa shape index (κ1) is 9.70. The first-order valence-corrected chi connectivity index (χ1v) is 5.40. The molecule has 0 aromatic heterocycles. The van der Waals surface area contributed by atoms with Gasteiger partial charge in [0.2, 0.25) is 0 Å². The Bertz CT molecular complexity index is 320. The minimum Gasteiger partial charge on any atom is -0.295 e. The van der Waals surface area contributed by atoms with Gasteiger partial charge in [-0.3, -0.25) is 4.79 Å². The molecule has 1 nitrogen and oxygen atoms in total. The number of hydrogen-bond donors (Lipinski definition) is 0. The van der Waals surface area contributed by atoms with Crippen molar-refractivity contribution in [3.63, 3.8) is 0 Å². The molecule has 2 unspecified atom stereocenters. The van der Waals surface area contributed by atoms with Gasteiger partial charge in [0.1, 0.15) is 0 Å². The maximum Gasteiger partial charge on any atom is 0.152 e. The molecule has 0 amide bonds. The third-order valence-corrected chi connectivity index (χ3v) is 4.02. The van der Waals surface area contributed by atoms with Crippen LogP contribution in [0.1, 0.15) is 33.6 Å². The lowest BCUT2D eigenvalue weighted by molar-refractivity contribution is -0.112. The normalized spacial score (nSPS) is 33.8. The van der Waals surface area contributed by atoms with Crippen molar-refractivity contribution in [3.05, 3.63) is 23.8 Å². The van der Waals surface area contributed by atoms with E-state index < -0.39 is 0 Å². The summed E-state index contributed by atoms with van der Waals surface area (Å²) in [5.74, 6) is 1.71. The first-order valence-electron chi connectivity index (χ1n) is 5.40. The fourth-order valence-corrected chi connectivity index (χ4v) is 2.80. The molecule has 0 heterocycles. The molecule has 3 rings (SSSR count). The second kappa shape index (κ2) is 3.08. The third kappa shape index (κ3) is 1.35. The van der Waals surface area contributed by atoms with Crippen molar-refractivity contribution >= 4 is 5.78 Å². The Hall–Kier alpha value is -0.850. The molecule has 1 heteroatoms. The number of fused-ring (bicyclic) bond motifs is 1. The molecular weight excluding hydrogens is 172 g/mol. The SMILES string of the molecule is CC(=O)/C=C/C1=CCC2CC1C2(C)C. The van der Waals surface area contributed by atoms with E-state index in [2.05, 4.69) is 19.9 Å². The molecular formula is C13H18O. The number of rotatable bonds is 2. The summed E-state index contributed by atoms with van der Waals surface area (Å²) in [6.07, 6.45) is 8.54. The van der Waals surface area contributed by atoms with E-state index in [0.29, 0.717) is 11.3 Å². The van der Waals surface area contributed by atoms with Gasteiger partial charge < -0.3 is 0 Å². The molecule has 14 heavy (non-hydrogen) atoms. The van der Waals surface area contributed by atoms with Gasteiger partial charge in [0.15, 0.2) is 5.78 Å². The number of hydrogen-bond acceptors (Lipinski definition) is 1. The molecule has 0 radical (unpaired) electrons. The van der Waals surface area contributed by atoms with Crippen molar-refractivity contribution in [2.45, 2.75) is 33.6 Å². The maximum atomic E-state index is 10.9. The highest BCUT2D eigenvalue weighted by Gasteiger charge is 2.50. The van der Waals surface area contributed by atoms with Crippen LogP contribution in [0.2, 0.25) is 0 Å². The zero-order valence-electron chi connectivity index (χ0n) is 9.21. The summed E-state index contributed by atoms with van der Waals surface area (Å²) in [5.41, 5.74) is 1.85. The van der Waals surface area contributed by atoms with E-state index in [1.165, 1.54) is 18.4 Å². The molecule has 0 aromatic rings. The van der Waals surface area contributed by atoms with Gasteiger partial charge in [-0.05, 0) is 48.7 Å². The van der Waals surface area contributed by atoms with Gasteiger partial charge in [-0.1, -0.05) is 26.0 Å². The van der Waals surface area contributed by atoms with Crippen LogP contribution in [-0.4, -0.2) is 5.78 Å². The van der Waals surface area contributed by atoms with Crippen LogP contribution in [0.15, 0.2) is 23.8 Å². The number of ketones is 1. The fraction of sp³-hybridized carbons (Fsp3) is 0.615. The lowest BCUT2D eigenvalue weighted by Crippen LogP contribution is -2.47. The smallest absolute Gasteiger partial charge is 0.152 e. The van der Waals surface area contributed by atoms with Crippen LogP contribution in [0.25, 0.3) is 0 Å². The van der Waals surface area contributed by atoms with Crippen LogP contribution in [-0.2, 0) is 4.79 Å². The number of allylic oxidation sites excluding steroid dienone is 4. The van der Waals surface area contributed by atoms with Gasteiger partial charge in [-0.25, -0.2) is 0 Å². The predicted molar refractivity (Wildman–Crippen MR) is 57.9 cm³/mol. The maximum absolute atomic E-state index is 10.9. The molecule has 76 valence electrons. The average Bonchev–Trinajstić information content (AvgIpc) is 2.14. The van der Waals surface area contributed by atoms with Gasteiger partial charge in [0.05, 0.1) is 0 Å². The molecule has 3 aliphatic rings. The van der Waals surface area contributed by atoms with E-state index >= 15 is 0 Å². The van der Waals surface area contributed by atoms with E-state index in [9.17, 15) is 4.79 Å². The molecule has 0 saturated heterocycles. The summed E-state index contributed by atoms with van der Waals surface area (Å²) < 4.78 is 0. The van der Waals surface area contributed by atoms with Crippen LogP contribution < -0.4 is 0 Å². The standard InChI is InChI=1S/C13H18O/c1-9(14)4-5-10-6-7-11-8-12(10)13(11,2)3/h4-6,11-12H,7-8H2,1-3H3/b5-4+. The summed E-state index contributed by atoms with van der Waals surface area (Å²) in [7, 11) is 0. The Morgan fingerprint density at radius 2 is 2.29 bits per heavy atom. The van der Waals surface area contributed by atoms with Crippen molar-refractivity contribution in [1.29, 1.82) is 0 Å². The van der Waals surface area contributed by atoms with Gasteiger partial charge in [0, 0.05) is 0 Å². The summed E-state index contributed by atoms with van der Waals surface area (Å²) in [4.78, 5) is 10.9. The lowest BCUT2D eigenvalue weighted by atomic mass is 9.49. The lowest BCUT2D eigenvalue weighted by Gasteiger charge is -2.56. The number of carbonyl (C=O) groups excluding carboxylic acids is 1. The predicted octanol–water partition coefficient (Wildman–Crippen LogP) is 3.12. The van der Waals surface area contributed by atoms with E-state index in [4.69, 9.17) is 0 Å². The van der Waals surface area contributed by atoms with Gasteiger partial charge in [-0.15, -0.1) is 0 Å². The fourth-order valence-electron chi connectivity index (χ4n) is 2.80. The summed E-state index contributed by atoms with van der Waals surface area (Å²) >= 11 is 0. The Labute approximate surface area is 85.9 Å². The second-order valence-corrected chi connectivity index (χ2v) is 5.19. The first-order chi connectivity index (χ1) is 6.51. The Morgan fingerprint density at radius 1 is 1.57 bits per heavy atom. The largest absolute Gasteiger partial charge is 0.295 e. The van der Waals surface area contributed by atoms with Gasteiger partial charge >= 0.3 is 0 Å². The monoisotopic (exact) mass is 190 g/mol. The Balaban J connectivity index is 2.15. The van der Waals surface area contributed by atoms with Crippen molar-refractivity contribution in [2.75, 3.05) is 0 Å². The highest BCUT2D eigenvalue weighted by atomic mass is 16.1. The molecule has 0 aliphatic heterocycles. The van der Waals surface area contributed by atoms with Crippen molar-refractivity contribution in [3.8, 4) is 0 Å². The van der Waals surface area contributed by atoms with Crippen LogP contribution in [0.4, 0.5) is 0 Å². The highest BCUT2D eigenvalue weighted by molar-refractivity contribution is 5.87. The second-order valence-electron chi connectivity index (χ2n) is 5.19. The minimum atomic E-state index is 0.144. The highest BCUT2D eigenvalue weighted by Crippen LogP contribution is 2.59. The van der Waals surface area contributed by atoms with Crippen molar-refractivity contribution < 1.29 is 4.79 Å². The molecule has 0 N–H and O–H groups in total. The quantitative estimate of drug-likeness (QED) is 0.611. The summed E-state index contributed by atoms with van der Waals surface area (Å²) in [6.45, 7) is 6.30. The molecule has 3 aliphatic carbocycles. The van der Waals surface area contributed by atoms with E-state index in [0.717, 1.165) is 5.92 Å². The van der Waals surface area contributed by atoms with Crippen molar-refractivity contribution in [1.82, 2.24) is 0 Å². The van der Waals surface area contributed by atoms with E-state index in [1.54, 1.807) is 13.0 Å². The summed E-state index contributed by atoms with van der Waals surface area (Å²) in [6, 6.07) is 0. The number of carbonyl (C=O) groups is 1. The van der Waals surface area contributed by atoms with E-state index in [1.807, 2.05) is 6.08 Å². The molecule has 2 bridgehead atoms. The van der Waals surface area contributed by atoms with Crippen molar-refractivity contribution in [2.24, 2.45) is 17.3 Å².